The summed E-state index contributed by atoms with van der Waals surface area (Å²) in [5, 5.41) is 4.49. The van der Waals surface area contributed by atoms with Crippen molar-refractivity contribution in [2.45, 2.75) is 11.4 Å². The summed E-state index contributed by atoms with van der Waals surface area (Å²) in [6, 6.07) is 0. The summed E-state index contributed by atoms with van der Waals surface area (Å²) in [5.41, 5.74) is 5.70. The van der Waals surface area contributed by atoms with Gasteiger partial charge in [0.15, 0.2) is 15.8 Å². The number of nitrogens with zero attached hydrogens (tertiary/aromatic N) is 3. The average Bonchev–Trinajstić information content (AvgIpc) is 3.04. The number of nitrogen functional groups attached to an aromatic ring is 1. The monoisotopic (exact) mass is 329 g/mol. The molecular weight excluding hydrogens is 318 g/mol. The van der Waals surface area contributed by atoms with Gasteiger partial charge in [0, 0.05) is 36.1 Å². The molecule has 3 N–H and O–H groups in total. The minimum Gasteiger partial charge on any atom is -0.381 e. The molecule has 0 saturated heterocycles. The second kappa shape index (κ2) is 5.13. The zero-order chi connectivity index (χ0) is 14.2. The summed E-state index contributed by atoms with van der Waals surface area (Å²) >= 11 is 2.82. The first-order valence-electron chi connectivity index (χ1n) is 5.67. The van der Waals surface area contributed by atoms with Crippen molar-refractivity contribution in [1.82, 2.24) is 19.1 Å². The number of hydrogen-bond acceptors (Lipinski definition) is 7. The number of nitrogens with one attached hydrogen (secondary N) is 1. The molecule has 0 aliphatic heterocycles. The van der Waals surface area contributed by atoms with Gasteiger partial charge in [-0.3, -0.25) is 4.40 Å². The van der Waals surface area contributed by atoms with E-state index in [1.807, 2.05) is 5.38 Å². The van der Waals surface area contributed by atoms with Gasteiger partial charge in [-0.05, 0) is 0 Å². The smallest absolute Gasteiger partial charge is 0.260 e. The van der Waals surface area contributed by atoms with Crippen molar-refractivity contribution in [3.63, 3.8) is 0 Å². The van der Waals surface area contributed by atoms with Crippen molar-refractivity contribution in [3.8, 4) is 0 Å². The van der Waals surface area contributed by atoms with Gasteiger partial charge in [-0.1, -0.05) is 0 Å². The highest BCUT2D eigenvalue weighted by molar-refractivity contribution is 7.89. The number of sulfonamides is 1. The predicted octanol–water partition coefficient (Wildman–Crippen LogP) is 0.955. The molecule has 3 aromatic rings. The van der Waals surface area contributed by atoms with E-state index in [1.165, 1.54) is 27.1 Å². The van der Waals surface area contributed by atoms with Gasteiger partial charge in [0.2, 0.25) is 0 Å². The topological polar surface area (TPSA) is 102 Å². The Balaban J connectivity index is 1.81. The predicted molar refractivity (Wildman–Crippen MR) is 78.5 cm³/mol. The first-order valence-corrected chi connectivity index (χ1v) is 8.91. The highest BCUT2D eigenvalue weighted by Gasteiger charge is 2.24. The molecule has 0 unspecified atom stereocenters. The minimum atomic E-state index is -3.69. The maximum atomic E-state index is 12.3. The molecule has 3 heterocycles. The van der Waals surface area contributed by atoms with E-state index in [1.54, 1.807) is 17.8 Å². The third kappa shape index (κ3) is 2.42. The van der Waals surface area contributed by atoms with Crippen molar-refractivity contribution < 1.29 is 8.42 Å². The summed E-state index contributed by atoms with van der Waals surface area (Å²) in [7, 11) is -3.69. The first-order chi connectivity index (χ1) is 9.58. The van der Waals surface area contributed by atoms with Gasteiger partial charge in [0.05, 0.1) is 5.01 Å². The molecule has 0 aliphatic rings. The van der Waals surface area contributed by atoms with Crippen LogP contribution in [0.1, 0.15) is 5.01 Å². The van der Waals surface area contributed by atoms with Crippen LogP contribution in [-0.2, 0) is 16.4 Å². The van der Waals surface area contributed by atoms with Gasteiger partial charge < -0.3 is 5.73 Å². The molecule has 0 fully saturated rings. The Morgan fingerprint density at radius 1 is 1.35 bits per heavy atom. The second-order valence-electron chi connectivity index (χ2n) is 3.93. The van der Waals surface area contributed by atoms with E-state index < -0.39 is 10.0 Å². The summed E-state index contributed by atoms with van der Waals surface area (Å²) in [5.74, 6) is 0.0126. The Morgan fingerprint density at radius 2 is 2.20 bits per heavy atom. The molecule has 0 radical (unpaired) electrons. The molecule has 0 aromatic carbocycles. The van der Waals surface area contributed by atoms with Gasteiger partial charge in [-0.15, -0.1) is 22.7 Å². The van der Waals surface area contributed by atoms with Gasteiger partial charge >= 0.3 is 0 Å². The molecule has 106 valence electrons. The molecule has 20 heavy (non-hydrogen) atoms. The molecule has 3 aromatic heterocycles. The highest BCUT2D eigenvalue weighted by atomic mass is 32.2. The molecule has 7 nitrogen and oxygen atoms in total. The van der Waals surface area contributed by atoms with Crippen molar-refractivity contribution >= 4 is 43.5 Å². The molecular formula is C10H11N5O2S3. The number of aromatic nitrogens is 3. The minimum absolute atomic E-state index is 0.00658. The lowest BCUT2D eigenvalue weighted by molar-refractivity contribution is 0.577. The Labute approximate surface area is 123 Å². The van der Waals surface area contributed by atoms with Gasteiger partial charge in [-0.25, -0.2) is 23.1 Å². The molecule has 0 amide bonds. The quantitative estimate of drug-likeness (QED) is 0.726. The van der Waals surface area contributed by atoms with Crippen molar-refractivity contribution in [2.24, 2.45) is 0 Å². The first kappa shape index (κ1) is 13.5. The van der Waals surface area contributed by atoms with Crippen LogP contribution in [0.15, 0.2) is 28.2 Å². The van der Waals surface area contributed by atoms with Crippen molar-refractivity contribution in [3.05, 3.63) is 28.2 Å². The van der Waals surface area contributed by atoms with E-state index in [9.17, 15) is 8.42 Å². The number of fused-ring (bicyclic) bond motifs is 1. The lowest BCUT2D eigenvalue weighted by Gasteiger charge is -2.05. The summed E-state index contributed by atoms with van der Waals surface area (Å²) in [6.07, 6.45) is 3.87. The van der Waals surface area contributed by atoms with Crippen molar-refractivity contribution in [2.75, 3.05) is 12.3 Å². The molecule has 10 heteroatoms. The zero-order valence-electron chi connectivity index (χ0n) is 10.2. The third-order valence-corrected chi connectivity index (χ3v) is 5.71. The number of imidazole rings is 1. The fraction of sp³-hybridized carbons (Fsp3) is 0.200. The Morgan fingerprint density at radius 3 is 2.95 bits per heavy atom. The Kier molecular flexibility index (Phi) is 3.46. The SMILES string of the molecule is Nc1nc2sccn2c1S(=O)(=O)NCCc1nccs1. The van der Waals surface area contributed by atoms with Crippen LogP contribution in [0.4, 0.5) is 5.82 Å². The summed E-state index contributed by atoms with van der Waals surface area (Å²) in [4.78, 5) is 8.69. The second-order valence-corrected chi connectivity index (χ2v) is 7.47. The van der Waals surface area contributed by atoms with Crippen LogP contribution in [0.5, 0.6) is 0 Å². The summed E-state index contributed by atoms with van der Waals surface area (Å²) in [6.45, 7) is 0.270. The maximum absolute atomic E-state index is 12.3. The lowest BCUT2D eigenvalue weighted by Crippen LogP contribution is -2.27. The lowest BCUT2D eigenvalue weighted by atomic mass is 10.5. The fourth-order valence-electron chi connectivity index (χ4n) is 1.79. The van der Waals surface area contributed by atoms with Gasteiger partial charge in [-0.2, -0.15) is 0 Å². The van der Waals surface area contributed by atoms with E-state index in [2.05, 4.69) is 14.7 Å². The van der Waals surface area contributed by atoms with Crippen LogP contribution in [0, 0.1) is 0 Å². The Bertz CT molecular complexity index is 818. The fourth-order valence-corrected chi connectivity index (χ4v) is 4.42. The van der Waals surface area contributed by atoms with Crippen LogP contribution in [0.3, 0.4) is 0 Å². The number of anilines is 1. The van der Waals surface area contributed by atoms with Crippen LogP contribution in [0.25, 0.3) is 4.96 Å². The van der Waals surface area contributed by atoms with E-state index in [0.717, 1.165) is 5.01 Å². The maximum Gasteiger partial charge on any atom is 0.260 e. The van der Waals surface area contributed by atoms with Gasteiger partial charge in [0.1, 0.15) is 0 Å². The van der Waals surface area contributed by atoms with Gasteiger partial charge in [0.25, 0.3) is 10.0 Å². The van der Waals surface area contributed by atoms with E-state index in [4.69, 9.17) is 5.73 Å². The highest BCUT2D eigenvalue weighted by Crippen LogP contribution is 2.23. The molecule has 0 bridgehead atoms. The zero-order valence-corrected chi connectivity index (χ0v) is 12.6. The largest absolute Gasteiger partial charge is 0.381 e. The van der Waals surface area contributed by atoms with E-state index >= 15 is 0 Å². The summed E-state index contributed by atoms with van der Waals surface area (Å²) < 4.78 is 28.6. The standard InChI is InChI=1S/C10H11N5O2S3/c11-8-9(15-4-6-19-10(15)14-8)20(16,17)13-2-1-7-12-3-5-18-7/h3-6,13H,1-2,11H2. The van der Waals surface area contributed by atoms with Crippen LogP contribution >= 0.6 is 22.7 Å². The third-order valence-electron chi connectivity index (χ3n) is 2.61. The Hall–Kier alpha value is -1.49. The molecule has 0 aliphatic carbocycles. The number of thiazole rings is 2. The van der Waals surface area contributed by atoms with Crippen LogP contribution in [0.2, 0.25) is 0 Å². The normalized spacial score (nSPS) is 12.2. The average molecular weight is 329 g/mol. The van der Waals surface area contributed by atoms with Crippen LogP contribution in [-0.4, -0.2) is 29.3 Å². The van der Waals surface area contributed by atoms with E-state index in [0.29, 0.717) is 11.4 Å². The molecule has 0 saturated carbocycles. The molecule has 0 spiro atoms. The number of rotatable bonds is 5. The molecule has 3 rings (SSSR count). The van der Waals surface area contributed by atoms with E-state index in [-0.39, 0.29) is 17.4 Å². The van der Waals surface area contributed by atoms with Crippen LogP contribution < -0.4 is 10.5 Å². The molecule has 0 atom stereocenters. The van der Waals surface area contributed by atoms with Crippen molar-refractivity contribution in [1.29, 1.82) is 0 Å². The number of hydrogen-bond donors (Lipinski definition) is 2. The number of nitrogens with two attached hydrogens (primary N) is 1.